The molecule has 4 nitrogen and oxygen atoms in total. The van der Waals surface area contributed by atoms with E-state index in [1.807, 2.05) is 0 Å². The van der Waals surface area contributed by atoms with Gasteiger partial charge in [-0.2, -0.15) is 13.2 Å². The van der Waals surface area contributed by atoms with Gasteiger partial charge in [0.25, 0.3) is 5.91 Å². The highest BCUT2D eigenvalue weighted by Crippen LogP contribution is 2.41. The molecule has 1 aromatic carbocycles. The lowest BCUT2D eigenvalue weighted by Gasteiger charge is -2.10. The number of pyridine rings is 1. The Morgan fingerprint density at radius 3 is 2.41 bits per heavy atom. The number of nitrogens with zero attached hydrogens (tertiary/aromatic N) is 1. The largest absolute Gasteiger partial charge is 0.505 e. The molecule has 0 atom stereocenters. The minimum atomic E-state index is -4.51. The van der Waals surface area contributed by atoms with E-state index in [1.165, 1.54) is 43.3 Å². The molecule has 1 amide bonds. The molecule has 0 unspecified atom stereocenters. The monoisotopic (exact) mass is 396 g/mol. The minimum Gasteiger partial charge on any atom is -0.505 e. The Morgan fingerprint density at radius 1 is 1.15 bits per heavy atom. The Bertz CT molecular complexity index is 998. The summed E-state index contributed by atoms with van der Waals surface area (Å²) in [5.74, 6) is -1.41. The van der Waals surface area contributed by atoms with Crippen molar-refractivity contribution in [3.63, 3.8) is 0 Å². The van der Waals surface area contributed by atoms with E-state index in [4.69, 9.17) is 0 Å². The highest BCUT2D eigenvalue weighted by molar-refractivity contribution is 7.15. The molecule has 0 fully saturated rings. The third-order valence-corrected chi connectivity index (χ3v) is 4.77. The Labute approximate surface area is 155 Å². The Morgan fingerprint density at radius 2 is 1.81 bits per heavy atom. The van der Waals surface area contributed by atoms with E-state index >= 15 is 0 Å². The first-order valence-corrected chi connectivity index (χ1v) is 8.42. The maximum absolute atomic E-state index is 12.9. The SMILES string of the molecule is Cc1cc(C(=O)Nc2ccc(F)cc2)nc(-c2ccc(C(F)(F)F)s2)c1O. The third kappa shape index (κ3) is 4.08. The molecule has 0 aliphatic heterocycles. The van der Waals surface area contributed by atoms with Gasteiger partial charge in [-0.3, -0.25) is 4.79 Å². The van der Waals surface area contributed by atoms with Crippen LogP contribution in [0.4, 0.5) is 23.2 Å². The number of benzene rings is 1. The Balaban J connectivity index is 1.95. The predicted octanol–water partition coefficient (Wildman–Crippen LogP) is 5.23. The minimum absolute atomic E-state index is 0.0827. The number of halogens is 4. The molecule has 9 heteroatoms. The number of amides is 1. The lowest BCUT2D eigenvalue weighted by Crippen LogP contribution is -2.14. The van der Waals surface area contributed by atoms with Crippen molar-refractivity contribution in [2.75, 3.05) is 5.32 Å². The Hall–Kier alpha value is -2.94. The van der Waals surface area contributed by atoms with Crippen LogP contribution in [0, 0.1) is 12.7 Å². The molecule has 2 aromatic heterocycles. The zero-order chi connectivity index (χ0) is 19.8. The van der Waals surface area contributed by atoms with Gasteiger partial charge >= 0.3 is 6.18 Å². The molecule has 3 aromatic rings. The summed E-state index contributed by atoms with van der Waals surface area (Å²) in [5, 5.41) is 12.7. The lowest BCUT2D eigenvalue weighted by molar-refractivity contribution is -0.134. The number of carbonyl (C=O) groups is 1. The fourth-order valence-electron chi connectivity index (χ4n) is 2.30. The van der Waals surface area contributed by atoms with E-state index < -0.39 is 22.8 Å². The van der Waals surface area contributed by atoms with Gasteiger partial charge in [0.1, 0.15) is 27.8 Å². The number of anilines is 1. The number of alkyl halides is 3. The summed E-state index contributed by atoms with van der Waals surface area (Å²) in [5.41, 5.74) is 0.406. The summed E-state index contributed by atoms with van der Waals surface area (Å²) >= 11 is 0.421. The van der Waals surface area contributed by atoms with E-state index in [9.17, 15) is 27.5 Å². The molecule has 2 N–H and O–H groups in total. The molecule has 2 heterocycles. The summed E-state index contributed by atoms with van der Waals surface area (Å²) in [6, 6.07) is 8.45. The summed E-state index contributed by atoms with van der Waals surface area (Å²) < 4.78 is 51.4. The average Bonchev–Trinajstić information content (AvgIpc) is 3.09. The standard InChI is InChI=1S/C18H12F4N2O2S/c1-9-8-12(17(26)23-11-4-2-10(19)3-5-11)24-15(16(9)25)13-6-7-14(27-13)18(20,21)22/h2-8,25H,1H3,(H,23,26). The molecule has 140 valence electrons. The van der Waals surface area contributed by atoms with Crippen molar-refractivity contribution in [2.24, 2.45) is 0 Å². The number of hydrogen-bond acceptors (Lipinski definition) is 4. The zero-order valence-corrected chi connectivity index (χ0v) is 14.6. The summed E-state index contributed by atoms with van der Waals surface area (Å²) in [6.45, 7) is 1.51. The molecule has 0 aliphatic rings. The first kappa shape index (κ1) is 18.8. The van der Waals surface area contributed by atoms with Crippen LogP contribution in [0.5, 0.6) is 5.75 Å². The van der Waals surface area contributed by atoms with Crippen LogP contribution in [0.1, 0.15) is 20.9 Å². The molecule has 0 spiro atoms. The van der Waals surface area contributed by atoms with Crippen LogP contribution in [0.25, 0.3) is 10.6 Å². The van der Waals surface area contributed by atoms with Crippen molar-refractivity contribution < 1.29 is 27.5 Å². The summed E-state index contributed by atoms with van der Waals surface area (Å²) in [7, 11) is 0. The van der Waals surface area contributed by atoms with Gasteiger partial charge in [0.05, 0.1) is 4.88 Å². The molecule has 0 bridgehead atoms. The average molecular weight is 396 g/mol. The van der Waals surface area contributed by atoms with Gasteiger partial charge in [-0.1, -0.05) is 0 Å². The van der Waals surface area contributed by atoms with Gasteiger partial charge in [0.15, 0.2) is 0 Å². The van der Waals surface area contributed by atoms with Crippen molar-refractivity contribution in [2.45, 2.75) is 13.1 Å². The molecular weight excluding hydrogens is 384 g/mol. The second kappa shape index (κ2) is 6.99. The fourth-order valence-corrected chi connectivity index (χ4v) is 3.16. The quantitative estimate of drug-likeness (QED) is 0.596. The van der Waals surface area contributed by atoms with Gasteiger partial charge < -0.3 is 10.4 Å². The highest BCUT2D eigenvalue weighted by Gasteiger charge is 2.33. The predicted molar refractivity (Wildman–Crippen MR) is 93.3 cm³/mol. The fraction of sp³-hybridized carbons (Fsp3) is 0.111. The molecule has 0 aliphatic carbocycles. The van der Waals surface area contributed by atoms with E-state index in [0.717, 1.165) is 6.07 Å². The second-order valence-electron chi connectivity index (χ2n) is 5.64. The van der Waals surface area contributed by atoms with E-state index in [1.54, 1.807) is 0 Å². The maximum Gasteiger partial charge on any atom is 0.425 e. The van der Waals surface area contributed by atoms with Crippen molar-refractivity contribution in [3.05, 3.63) is 64.4 Å². The number of thiophene rings is 1. The first-order valence-electron chi connectivity index (χ1n) is 7.60. The summed E-state index contributed by atoms with van der Waals surface area (Å²) in [4.78, 5) is 15.7. The van der Waals surface area contributed by atoms with Crippen LogP contribution in [0.15, 0.2) is 42.5 Å². The maximum atomic E-state index is 12.9. The number of nitrogens with one attached hydrogen (secondary N) is 1. The van der Waals surface area contributed by atoms with Crippen molar-refractivity contribution in [1.82, 2.24) is 4.98 Å². The smallest absolute Gasteiger partial charge is 0.425 e. The van der Waals surface area contributed by atoms with Crippen LogP contribution >= 0.6 is 11.3 Å². The number of aryl methyl sites for hydroxylation is 1. The molecule has 0 saturated carbocycles. The zero-order valence-electron chi connectivity index (χ0n) is 13.8. The van der Waals surface area contributed by atoms with Gasteiger partial charge in [0, 0.05) is 5.69 Å². The van der Waals surface area contributed by atoms with Crippen molar-refractivity contribution >= 4 is 22.9 Å². The van der Waals surface area contributed by atoms with Gasteiger partial charge in [-0.25, -0.2) is 9.37 Å². The van der Waals surface area contributed by atoms with Crippen LogP contribution < -0.4 is 5.32 Å². The molecule has 0 radical (unpaired) electrons. The number of aromatic nitrogens is 1. The second-order valence-corrected chi connectivity index (χ2v) is 6.73. The molecule has 0 saturated heterocycles. The highest BCUT2D eigenvalue weighted by atomic mass is 32.1. The van der Waals surface area contributed by atoms with E-state index in [2.05, 4.69) is 10.3 Å². The van der Waals surface area contributed by atoms with Gasteiger partial charge in [0.2, 0.25) is 0 Å². The number of aromatic hydroxyl groups is 1. The topological polar surface area (TPSA) is 62.2 Å². The van der Waals surface area contributed by atoms with Gasteiger partial charge in [-0.05, 0) is 55.0 Å². The molecule has 3 rings (SSSR count). The van der Waals surface area contributed by atoms with Crippen molar-refractivity contribution in [3.8, 4) is 16.3 Å². The third-order valence-electron chi connectivity index (χ3n) is 3.64. The Kier molecular flexibility index (Phi) is 4.88. The molecule has 27 heavy (non-hydrogen) atoms. The van der Waals surface area contributed by atoms with Crippen LogP contribution in [-0.4, -0.2) is 16.0 Å². The number of carbonyl (C=O) groups excluding carboxylic acids is 1. The van der Waals surface area contributed by atoms with Crippen LogP contribution in [0.3, 0.4) is 0 Å². The first-order chi connectivity index (χ1) is 12.6. The summed E-state index contributed by atoms with van der Waals surface area (Å²) in [6.07, 6.45) is -4.51. The lowest BCUT2D eigenvalue weighted by atomic mass is 10.1. The van der Waals surface area contributed by atoms with Gasteiger partial charge in [-0.15, -0.1) is 11.3 Å². The van der Waals surface area contributed by atoms with E-state index in [0.29, 0.717) is 17.0 Å². The van der Waals surface area contributed by atoms with Crippen molar-refractivity contribution in [1.29, 1.82) is 0 Å². The normalized spacial score (nSPS) is 11.4. The molecular formula is C18H12F4N2O2S. The van der Waals surface area contributed by atoms with E-state index in [-0.39, 0.29) is 27.6 Å². The van der Waals surface area contributed by atoms with Crippen LogP contribution in [-0.2, 0) is 6.18 Å². The van der Waals surface area contributed by atoms with Crippen LogP contribution in [0.2, 0.25) is 0 Å². The number of hydrogen-bond donors (Lipinski definition) is 2. The number of rotatable bonds is 3.